The molecular formula is C13H16O. The fraction of sp³-hybridized carbons (Fsp3) is 0.462. The molecule has 14 heavy (non-hydrogen) atoms. The fourth-order valence-electron chi connectivity index (χ4n) is 2.18. The largest absolute Gasteiger partial charge is 0.294 e. The number of carbonyl (C=O) groups is 1. The number of benzene rings is 1. The molecule has 0 aliphatic heterocycles. The summed E-state index contributed by atoms with van der Waals surface area (Å²) in [5.41, 5.74) is 4.86. The van der Waals surface area contributed by atoms with Crippen molar-refractivity contribution in [3.05, 3.63) is 34.4 Å². The standard InChI is InChI=1S/C13H16O/c1-8-4-7-12-11(10(8)3)6-5-9(2)13(12)14/h4,7,9H,5-6H2,1-3H3. The predicted octanol–water partition coefficient (Wildman–Crippen LogP) is 3.07. The van der Waals surface area contributed by atoms with Gasteiger partial charge in [0, 0.05) is 11.5 Å². The van der Waals surface area contributed by atoms with E-state index in [1.54, 1.807) is 0 Å². The van der Waals surface area contributed by atoms with E-state index in [0.29, 0.717) is 5.78 Å². The molecule has 1 aliphatic carbocycles. The summed E-state index contributed by atoms with van der Waals surface area (Å²) < 4.78 is 0. The van der Waals surface area contributed by atoms with Gasteiger partial charge in [0.25, 0.3) is 0 Å². The Morgan fingerprint density at radius 3 is 2.71 bits per heavy atom. The van der Waals surface area contributed by atoms with Crippen molar-refractivity contribution in [3.8, 4) is 0 Å². The molecule has 0 amide bonds. The SMILES string of the molecule is Cc1ccc2c(c1C)CCC(C)C2=O. The van der Waals surface area contributed by atoms with Crippen LogP contribution in [0.4, 0.5) is 0 Å². The highest BCUT2D eigenvalue weighted by molar-refractivity contribution is 6.00. The molecule has 0 heterocycles. The summed E-state index contributed by atoms with van der Waals surface area (Å²) in [5, 5.41) is 0. The first-order valence-corrected chi connectivity index (χ1v) is 5.24. The molecule has 1 nitrogen and oxygen atoms in total. The Morgan fingerprint density at radius 2 is 2.00 bits per heavy atom. The van der Waals surface area contributed by atoms with Crippen LogP contribution in [0, 0.1) is 19.8 Å². The number of Topliss-reactive ketones (excluding diaryl/α,β-unsaturated/α-hetero) is 1. The molecule has 0 saturated heterocycles. The molecule has 0 fully saturated rings. The van der Waals surface area contributed by atoms with Gasteiger partial charge in [-0.3, -0.25) is 4.79 Å². The average molecular weight is 188 g/mol. The van der Waals surface area contributed by atoms with Gasteiger partial charge in [0.2, 0.25) is 0 Å². The van der Waals surface area contributed by atoms with Gasteiger partial charge < -0.3 is 0 Å². The maximum atomic E-state index is 11.9. The number of fused-ring (bicyclic) bond motifs is 1. The lowest BCUT2D eigenvalue weighted by atomic mass is 9.81. The number of aryl methyl sites for hydroxylation is 1. The molecule has 1 aromatic carbocycles. The van der Waals surface area contributed by atoms with E-state index in [-0.39, 0.29) is 5.92 Å². The summed E-state index contributed by atoms with van der Waals surface area (Å²) in [5.74, 6) is 0.541. The van der Waals surface area contributed by atoms with Gasteiger partial charge in [-0.25, -0.2) is 0 Å². The average Bonchev–Trinajstić information content (AvgIpc) is 2.17. The van der Waals surface area contributed by atoms with Crippen molar-refractivity contribution in [2.24, 2.45) is 5.92 Å². The van der Waals surface area contributed by atoms with Crippen molar-refractivity contribution >= 4 is 5.78 Å². The number of ketones is 1. The van der Waals surface area contributed by atoms with Crippen LogP contribution in [0.25, 0.3) is 0 Å². The molecule has 1 atom stereocenters. The topological polar surface area (TPSA) is 17.1 Å². The zero-order valence-electron chi connectivity index (χ0n) is 9.05. The van der Waals surface area contributed by atoms with Gasteiger partial charge in [0.15, 0.2) is 5.78 Å². The Labute approximate surface area is 85.1 Å². The van der Waals surface area contributed by atoms with Crippen LogP contribution in [0.2, 0.25) is 0 Å². The maximum Gasteiger partial charge on any atom is 0.165 e. The first-order chi connectivity index (χ1) is 6.61. The second kappa shape index (κ2) is 3.23. The lowest BCUT2D eigenvalue weighted by Crippen LogP contribution is -2.21. The number of rotatable bonds is 0. The minimum absolute atomic E-state index is 0.213. The van der Waals surface area contributed by atoms with Gasteiger partial charge in [-0.15, -0.1) is 0 Å². The van der Waals surface area contributed by atoms with Gasteiger partial charge in [-0.1, -0.05) is 19.1 Å². The monoisotopic (exact) mass is 188 g/mol. The zero-order valence-corrected chi connectivity index (χ0v) is 9.05. The summed E-state index contributed by atoms with van der Waals surface area (Å²) in [6, 6.07) is 4.06. The normalized spacial score (nSPS) is 20.8. The highest BCUT2D eigenvalue weighted by Gasteiger charge is 2.24. The van der Waals surface area contributed by atoms with Gasteiger partial charge in [0.05, 0.1) is 0 Å². The second-order valence-corrected chi connectivity index (χ2v) is 4.34. The van der Waals surface area contributed by atoms with E-state index in [2.05, 4.69) is 19.9 Å². The highest BCUT2D eigenvalue weighted by atomic mass is 16.1. The van der Waals surface area contributed by atoms with Crippen molar-refractivity contribution in [2.75, 3.05) is 0 Å². The molecule has 0 saturated carbocycles. The van der Waals surface area contributed by atoms with Gasteiger partial charge in [0.1, 0.15) is 0 Å². The lowest BCUT2D eigenvalue weighted by Gasteiger charge is -2.22. The fourth-order valence-corrected chi connectivity index (χ4v) is 2.18. The van der Waals surface area contributed by atoms with Crippen LogP contribution in [-0.4, -0.2) is 5.78 Å². The van der Waals surface area contributed by atoms with Crippen LogP contribution in [0.15, 0.2) is 12.1 Å². The van der Waals surface area contributed by atoms with Crippen LogP contribution in [0.3, 0.4) is 0 Å². The molecule has 1 aromatic rings. The Bertz CT molecular complexity index is 390. The van der Waals surface area contributed by atoms with Gasteiger partial charge >= 0.3 is 0 Å². The van der Waals surface area contributed by atoms with E-state index in [9.17, 15) is 4.79 Å². The van der Waals surface area contributed by atoms with E-state index in [1.165, 1.54) is 16.7 Å². The zero-order chi connectivity index (χ0) is 10.3. The third-order valence-corrected chi connectivity index (χ3v) is 3.41. The van der Waals surface area contributed by atoms with Crippen molar-refractivity contribution < 1.29 is 4.79 Å². The molecule has 0 bridgehead atoms. The maximum absolute atomic E-state index is 11.9. The summed E-state index contributed by atoms with van der Waals surface area (Å²) >= 11 is 0. The van der Waals surface area contributed by atoms with Crippen molar-refractivity contribution in [3.63, 3.8) is 0 Å². The molecule has 74 valence electrons. The highest BCUT2D eigenvalue weighted by Crippen LogP contribution is 2.28. The van der Waals surface area contributed by atoms with E-state index >= 15 is 0 Å². The minimum atomic E-state index is 0.213. The first-order valence-electron chi connectivity index (χ1n) is 5.24. The van der Waals surface area contributed by atoms with E-state index in [1.807, 2.05) is 13.0 Å². The molecule has 0 aromatic heterocycles. The Hall–Kier alpha value is -1.11. The number of hydrogen-bond donors (Lipinski definition) is 0. The molecule has 1 unspecified atom stereocenters. The first kappa shape index (κ1) is 9.45. The predicted molar refractivity (Wildman–Crippen MR) is 57.7 cm³/mol. The van der Waals surface area contributed by atoms with Crippen LogP contribution in [0.5, 0.6) is 0 Å². The smallest absolute Gasteiger partial charge is 0.165 e. The molecule has 0 spiro atoms. The Balaban J connectivity index is 2.59. The summed E-state index contributed by atoms with van der Waals surface area (Å²) in [4.78, 5) is 11.9. The van der Waals surface area contributed by atoms with Crippen LogP contribution >= 0.6 is 0 Å². The summed E-state index contributed by atoms with van der Waals surface area (Å²) in [6.45, 7) is 6.26. The van der Waals surface area contributed by atoms with Crippen molar-refractivity contribution in [2.45, 2.75) is 33.6 Å². The van der Waals surface area contributed by atoms with Crippen molar-refractivity contribution in [1.29, 1.82) is 0 Å². The van der Waals surface area contributed by atoms with Gasteiger partial charge in [-0.2, -0.15) is 0 Å². The minimum Gasteiger partial charge on any atom is -0.294 e. The molecular weight excluding hydrogens is 172 g/mol. The number of carbonyl (C=O) groups excluding carboxylic acids is 1. The van der Waals surface area contributed by atoms with Crippen LogP contribution in [0.1, 0.15) is 40.4 Å². The second-order valence-electron chi connectivity index (χ2n) is 4.34. The molecule has 1 aliphatic rings. The quantitative estimate of drug-likeness (QED) is 0.611. The summed E-state index contributed by atoms with van der Waals surface area (Å²) in [6.07, 6.45) is 2.08. The Morgan fingerprint density at radius 1 is 1.29 bits per heavy atom. The van der Waals surface area contributed by atoms with E-state index in [4.69, 9.17) is 0 Å². The lowest BCUT2D eigenvalue weighted by molar-refractivity contribution is 0.0913. The molecule has 1 heteroatoms. The van der Waals surface area contributed by atoms with E-state index in [0.717, 1.165) is 18.4 Å². The molecule has 0 radical (unpaired) electrons. The van der Waals surface area contributed by atoms with Gasteiger partial charge in [-0.05, 0) is 43.4 Å². The van der Waals surface area contributed by atoms with Crippen LogP contribution < -0.4 is 0 Å². The third kappa shape index (κ3) is 1.28. The van der Waals surface area contributed by atoms with Crippen molar-refractivity contribution in [1.82, 2.24) is 0 Å². The molecule has 2 rings (SSSR count). The van der Waals surface area contributed by atoms with Crippen LogP contribution in [-0.2, 0) is 6.42 Å². The Kier molecular flexibility index (Phi) is 2.18. The number of hydrogen-bond acceptors (Lipinski definition) is 1. The molecule has 0 N–H and O–H groups in total. The third-order valence-electron chi connectivity index (χ3n) is 3.41. The summed E-state index contributed by atoms with van der Waals surface area (Å²) in [7, 11) is 0. The van der Waals surface area contributed by atoms with E-state index < -0.39 is 0 Å².